The molecular formula is C26H25Cl2FN6O3. The molecule has 4 heterocycles. The Morgan fingerprint density at radius 2 is 2.16 bits per heavy atom. The molecule has 1 amide bonds. The number of rotatable bonds is 7. The van der Waals surface area contributed by atoms with Gasteiger partial charge in [-0.15, -0.1) is 0 Å². The van der Waals surface area contributed by atoms with E-state index in [-0.39, 0.29) is 27.5 Å². The number of aromatic nitrogens is 3. The second-order valence-corrected chi connectivity index (χ2v) is 9.82. The third kappa shape index (κ3) is 4.94. The number of halogens is 3. The molecule has 0 radical (unpaired) electrons. The van der Waals surface area contributed by atoms with Crippen LogP contribution in [0.15, 0.2) is 47.6 Å². The highest BCUT2D eigenvalue weighted by molar-refractivity contribution is 6.36. The molecule has 1 unspecified atom stereocenters. The van der Waals surface area contributed by atoms with E-state index in [4.69, 9.17) is 43.8 Å². The van der Waals surface area contributed by atoms with Crippen LogP contribution in [0, 0.1) is 5.82 Å². The predicted octanol–water partition coefficient (Wildman–Crippen LogP) is 4.90. The van der Waals surface area contributed by atoms with Crippen LogP contribution < -0.4 is 16.2 Å². The van der Waals surface area contributed by atoms with E-state index in [9.17, 15) is 9.18 Å². The van der Waals surface area contributed by atoms with E-state index < -0.39 is 18.0 Å². The van der Waals surface area contributed by atoms with Gasteiger partial charge in [-0.25, -0.2) is 14.4 Å². The van der Waals surface area contributed by atoms with Crippen molar-refractivity contribution in [2.75, 3.05) is 18.8 Å². The van der Waals surface area contributed by atoms with Crippen LogP contribution in [0.5, 0.6) is 5.75 Å². The third-order valence-electron chi connectivity index (χ3n) is 6.56. The highest BCUT2D eigenvalue weighted by Gasteiger charge is 2.27. The van der Waals surface area contributed by atoms with Gasteiger partial charge in [0.05, 0.1) is 29.0 Å². The lowest BCUT2D eigenvalue weighted by atomic mass is 9.99. The monoisotopic (exact) mass is 558 g/mol. The Labute approximate surface area is 227 Å². The number of aromatic amines is 1. The van der Waals surface area contributed by atoms with Gasteiger partial charge in [-0.3, -0.25) is 4.79 Å². The number of benzene rings is 1. The number of ether oxygens (including phenoxy) is 1. The summed E-state index contributed by atoms with van der Waals surface area (Å²) in [7, 11) is 0. The van der Waals surface area contributed by atoms with Crippen molar-refractivity contribution in [3.05, 3.63) is 75.9 Å². The Morgan fingerprint density at radius 3 is 2.87 bits per heavy atom. The van der Waals surface area contributed by atoms with Gasteiger partial charge in [-0.1, -0.05) is 29.3 Å². The van der Waals surface area contributed by atoms with Gasteiger partial charge in [0.15, 0.2) is 11.4 Å². The molecule has 12 heteroatoms. The van der Waals surface area contributed by atoms with Gasteiger partial charge in [0.25, 0.3) is 0 Å². The van der Waals surface area contributed by atoms with Crippen LogP contribution in [0.25, 0.3) is 16.5 Å². The van der Waals surface area contributed by atoms with Gasteiger partial charge in [0, 0.05) is 53.7 Å². The largest absolute Gasteiger partial charge is 0.478 e. The molecule has 5 N–H and O–H groups in total. The number of furan rings is 1. The Morgan fingerprint density at radius 1 is 1.34 bits per heavy atom. The number of H-pyrrole nitrogens is 1. The van der Waals surface area contributed by atoms with E-state index in [0.717, 1.165) is 16.8 Å². The molecule has 1 aromatic carbocycles. The zero-order valence-electron chi connectivity index (χ0n) is 20.4. The minimum atomic E-state index is -0.742. The maximum absolute atomic E-state index is 14.1. The Kier molecular flexibility index (Phi) is 7.29. The second kappa shape index (κ2) is 10.6. The van der Waals surface area contributed by atoms with Gasteiger partial charge in [0.1, 0.15) is 11.9 Å². The molecule has 0 saturated carbocycles. The van der Waals surface area contributed by atoms with E-state index in [1.165, 1.54) is 12.1 Å². The van der Waals surface area contributed by atoms with Crippen molar-refractivity contribution in [1.82, 2.24) is 19.9 Å². The number of carbonyl (C=O) groups is 1. The van der Waals surface area contributed by atoms with Crippen molar-refractivity contribution < 1.29 is 18.3 Å². The number of pyridine rings is 1. The third-order valence-corrected chi connectivity index (χ3v) is 7.27. The topological polar surface area (TPSA) is 136 Å². The van der Waals surface area contributed by atoms with E-state index in [1.54, 1.807) is 36.8 Å². The summed E-state index contributed by atoms with van der Waals surface area (Å²) in [6.45, 7) is 2.60. The van der Waals surface area contributed by atoms with Crippen LogP contribution in [-0.4, -0.2) is 44.9 Å². The smallest absolute Gasteiger partial charge is 0.240 e. The SMILES string of the molecule is CC(Oc1c(N)ncc2c(C3=CCN(C(=O)[C@@H](N)Cc4cnc[nH]4)CC3)coc12)c1c(Cl)ccc(F)c1Cl. The van der Waals surface area contributed by atoms with Gasteiger partial charge in [-0.05, 0) is 31.1 Å². The molecule has 4 aromatic rings. The lowest BCUT2D eigenvalue weighted by molar-refractivity contribution is -0.132. The zero-order chi connectivity index (χ0) is 27.0. The molecular weight excluding hydrogens is 534 g/mol. The van der Waals surface area contributed by atoms with E-state index >= 15 is 0 Å². The quantitative estimate of drug-likeness (QED) is 0.274. The van der Waals surface area contributed by atoms with Gasteiger partial charge in [-0.2, -0.15) is 0 Å². The number of amides is 1. The number of fused-ring (bicyclic) bond motifs is 1. The summed E-state index contributed by atoms with van der Waals surface area (Å²) >= 11 is 12.4. The fraction of sp³-hybridized carbons (Fsp3) is 0.269. The summed E-state index contributed by atoms with van der Waals surface area (Å²) < 4.78 is 26.0. The summed E-state index contributed by atoms with van der Waals surface area (Å²) in [4.78, 5) is 25.8. The fourth-order valence-electron chi connectivity index (χ4n) is 4.56. The summed E-state index contributed by atoms with van der Waals surface area (Å²) in [5, 5.41) is 0.831. The molecule has 38 heavy (non-hydrogen) atoms. The molecule has 2 atom stereocenters. The zero-order valence-corrected chi connectivity index (χ0v) is 21.9. The van der Waals surface area contributed by atoms with Gasteiger partial charge >= 0.3 is 0 Å². The van der Waals surface area contributed by atoms with Gasteiger partial charge in [0.2, 0.25) is 11.7 Å². The lowest BCUT2D eigenvalue weighted by Gasteiger charge is -2.28. The molecule has 9 nitrogen and oxygen atoms in total. The number of hydrogen-bond acceptors (Lipinski definition) is 7. The molecule has 0 aliphatic carbocycles. The summed E-state index contributed by atoms with van der Waals surface area (Å²) in [6.07, 6.45) is 8.66. The molecule has 1 aliphatic heterocycles. The first-order valence-corrected chi connectivity index (χ1v) is 12.7. The molecule has 1 aliphatic rings. The number of nitrogens with zero attached hydrogens (tertiary/aromatic N) is 3. The van der Waals surface area contributed by atoms with Crippen molar-refractivity contribution in [2.45, 2.75) is 31.9 Å². The van der Waals surface area contributed by atoms with Crippen LogP contribution in [0.4, 0.5) is 10.2 Å². The van der Waals surface area contributed by atoms with Crippen LogP contribution in [0.3, 0.4) is 0 Å². The average molecular weight is 559 g/mol. The molecule has 0 bridgehead atoms. The Bertz CT molecular complexity index is 1520. The Hall–Kier alpha value is -3.60. The van der Waals surface area contributed by atoms with Crippen LogP contribution in [0.1, 0.15) is 36.3 Å². The van der Waals surface area contributed by atoms with Crippen molar-refractivity contribution in [1.29, 1.82) is 0 Å². The molecule has 198 valence electrons. The highest BCUT2D eigenvalue weighted by atomic mass is 35.5. The number of carbonyl (C=O) groups excluding carboxylic acids is 1. The maximum Gasteiger partial charge on any atom is 0.240 e. The first-order valence-electron chi connectivity index (χ1n) is 11.9. The molecule has 5 rings (SSSR count). The minimum Gasteiger partial charge on any atom is -0.478 e. The molecule has 3 aromatic heterocycles. The lowest BCUT2D eigenvalue weighted by Crippen LogP contribution is -2.46. The van der Waals surface area contributed by atoms with E-state index in [0.29, 0.717) is 42.5 Å². The van der Waals surface area contributed by atoms with Crippen molar-refractivity contribution in [3.8, 4) is 5.75 Å². The molecule has 0 fully saturated rings. The van der Waals surface area contributed by atoms with Gasteiger partial charge < -0.3 is 30.5 Å². The van der Waals surface area contributed by atoms with E-state index in [2.05, 4.69) is 15.0 Å². The number of imidazole rings is 1. The van der Waals surface area contributed by atoms with E-state index in [1.807, 2.05) is 6.08 Å². The number of anilines is 1. The molecule has 0 saturated heterocycles. The van der Waals surface area contributed by atoms with Crippen LogP contribution >= 0.6 is 23.2 Å². The summed E-state index contributed by atoms with van der Waals surface area (Å²) in [6, 6.07) is 1.95. The van der Waals surface area contributed by atoms with Crippen LogP contribution in [0.2, 0.25) is 10.0 Å². The number of nitrogens with two attached hydrogens (primary N) is 2. The first kappa shape index (κ1) is 26.0. The number of nitrogen functional groups attached to an aromatic ring is 1. The standard InChI is InChI=1S/C26H25Cl2FN6O3/c1-13(21-18(27)2-3-19(29)22(21)28)38-24-23-16(10-33-25(24)31)17(11-37-23)14-4-6-35(7-5-14)26(36)20(30)8-15-9-32-12-34-15/h2-4,9-13,20H,5-8,30H2,1H3,(H2,31,33)(H,32,34)/t13?,20-/m0/s1. The highest BCUT2D eigenvalue weighted by Crippen LogP contribution is 2.41. The van der Waals surface area contributed by atoms with Crippen molar-refractivity contribution in [3.63, 3.8) is 0 Å². The first-order chi connectivity index (χ1) is 18.2. The molecule has 0 spiro atoms. The number of nitrogens with one attached hydrogen (secondary N) is 1. The van der Waals surface area contributed by atoms with Crippen molar-refractivity contribution >= 4 is 51.5 Å². The summed E-state index contributed by atoms with van der Waals surface area (Å²) in [5.74, 6) is -0.420. The normalized spacial score (nSPS) is 15.4. The summed E-state index contributed by atoms with van der Waals surface area (Å²) in [5.41, 5.74) is 15.6. The predicted molar refractivity (Wildman–Crippen MR) is 143 cm³/mol. The maximum atomic E-state index is 14.1. The number of hydrogen-bond donors (Lipinski definition) is 3. The van der Waals surface area contributed by atoms with Crippen molar-refractivity contribution in [2.24, 2.45) is 5.73 Å². The average Bonchev–Trinajstić information content (AvgIpc) is 3.58. The fourth-order valence-corrected chi connectivity index (χ4v) is 5.24. The Balaban J connectivity index is 1.36. The minimum absolute atomic E-state index is 0.106. The second-order valence-electron chi connectivity index (χ2n) is 9.03. The van der Waals surface area contributed by atoms with Crippen LogP contribution in [-0.2, 0) is 11.2 Å².